The van der Waals surface area contributed by atoms with Gasteiger partial charge in [0, 0.05) is 23.9 Å². The van der Waals surface area contributed by atoms with Gasteiger partial charge in [-0.1, -0.05) is 0 Å². The Morgan fingerprint density at radius 3 is 2.47 bits per heavy atom. The third-order valence-corrected chi connectivity index (χ3v) is 2.55. The summed E-state index contributed by atoms with van der Waals surface area (Å²) in [6, 6.07) is 3.23. The first-order valence-electron chi connectivity index (χ1n) is 4.61. The van der Waals surface area contributed by atoms with Crippen molar-refractivity contribution in [3.63, 3.8) is 0 Å². The van der Waals surface area contributed by atoms with Gasteiger partial charge in [0.15, 0.2) is 28.3 Å². The van der Waals surface area contributed by atoms with E-state index in [1.54, 1.807) is 12.1 Å². The van der Waals surface area contributed by atoms with Gasteiger partial charge in [0.05, 0.1) is 6.20 Å². The highest BCUT2D eigenvalue weighted by atomic mass is 32.2. The number of hydrogen-bond donors (Lipinski definition) is 0. The van der Waals surface area contributed by atoms with Crippen molar-refractivity contribution < 1.29 is 17.5 Å². The lowest BCUT2D eigenvalue weighted by Gasteiger charge is -2.02. The summed E-state index contributed by atoms with van der Waals surface area (Å²) in [6.07, 6.45) is 5.91. The smallest absolute Gasteiger partial charge is 0.236 e. The van der Waals surface area contributed by atoms with Crippen molar-refractivity contribution in [2.24, 2.45) is 0 Å². The first kappa shape index (κ1) is 11.6. The molecule has 0 N–H and O–H groups in total. The van der Waals surface area contributed by atoms with E-state index in [9.17, 15) is 13.0 Å². The second-order valence-electron chi connectivity index (χ2n) is 3.25. The Morgan fingerprint density at radius 1 is 1.24 bits per heavy atom. The molecule has 0 saturated heterocycles. The van der Waals surface area contributed by atoms with Gasteiger partial charge in [0.25, 0.3) is 0 Å². The normalized spacial score (nSPS) is 11.4. The second-order valence-corrected chi connectivity index (χ2v) is 4.63. The van der Waals surface area contributed by atoms with Crippen molar-refractivity contribution in [1.29, 1.82) is 0 Å². The van der Waals surface area contributed by atoms with Crippen molar-refractivity contribution in [2.45, 2.75) is 5.88 Å². The van der Waals surface area contributed by atoms with Crippen LogP contribution in [0.2, 0.25) is 0 Å². The summed E-state index contributed by atoms with van der Waals surface area (Å²) in [4.78, 5) is 3.99. The van der Waals surface area contributed by atoms with Crippen LogP contribution in [0.3, 0.4) is 0 Å². The lowest BCUT2D eigenvalue weighted by atomic mass is 10.2. The molecule has 8 heteroatoms. The summed E-state index contributed by atoms with van der Waals surface area (Å²) in [7, 11) is -4.29. The molecule has 2 rings (SSSR count). The molecule has 0 bridgehead atoms. The molecule has 2 heterocycles. The number of rotatable bonds is 3. The highest BCUT2D eigenvalue weighted by Crippen LogP contribution is 2.09. The van der Waals surface area contributed by atoms with Crippen molar-refractivity contribution in [3.05, 3.63) is 36.9 Å². The van der Waals surface area contributed by atoms with Crippen LogP contribution in [0.25, 0.3) is 11.4 Å². The molecule has 88 valence electrons. The van der Waals surface area contributed by atoms with Gasteiger partial charge in [-0.2, -0.15) is 9.67 Å². The zero-order chi connectivity index (χ0) is 12.3. The molecule has 0 atom stereocenters. The molecular weight excluding hydrogens is 244 g/mol. The van der Waals surface area contributed by atoms with E-state index < -0.39 is 16.0 Å². The van der Waals surface area contributed by atoms with E-state index >= 15 is 0 Å². The summed E-state index contributed by atoms with van der Waals surface area (Å²) in [5, 5.41) is 7.48. The Labute approximate surface area is 97.5 Å². The molecule has 0 aliphatic rings. The molecule has 17 heavy (non-hydrogen) atoms. The summed E-state index contributed by atoms with van der Waals surface area (Å²) < 4.78 is 32.9. The molecular formula is C9H8N4O3S. The van der Waals surface area contributed by atoms with Crippen LogP contribution in [-0.2, 0) is 16.0 Å². The molecule has 0 saturated carbocycles. The third kappa shape index (κ3) is 3.26. The highest BCUT2D eigenvalue weighted by molar-refractivity contribution is 7.84. The van der Waals surface area contributed by atoms with Gasteiger partial charge < -0.3 is 4.55 Å². The number of nitrogens with zero attached hydrogens (tertiary/aromatic N) is 4. The predicted molar refractivity (Wildman–Crippen MR) is 55.2 cm³/mol. The van der Waals surface area contributed by atoms with Gasteiger partial charge >= 0.3 is 0 Å². The monoisotopic (exact) mass is 252 g/mol. The van der Waals surface area contributed by atoms with Gasteiger partial charge in [0.1, 0.15) is 0 Å². The van der Waals surface area contributed by atoms with Crippen LogP contribution in [0, 0.1) is 0 Å². The van der Waals surface area contributed by atoms with Gasteiger partial charge in [-0.15, -0.1) is 5.10 Å². The van der Waals surface area contributed by atoms with Crippen molar-refractivity contribution in [1.82, 2.24) is 15.2 Å². The SMILES string of the molecule is O=S(=O)([O-])C[n+]1ccc(-c2nccnn2)cc1. The topological polar surface area (TPSA) is 99.8 Å². The molecule has 0 fully saturated rings. The summed E-state index contributed by atoms with van der Waals surface area (Å²) in [5.74, 6) is -0.161. The van der Waals surface area contributed by atoms with E-state index in [4.69, 9.17) is 0 Å². The van der Waals surface area contributed by atoms with E-state index in [0.717, 1.165) is 0 Å². The minimum absolute atomic E-state index is 0.435. The van der Waals surface area contributed by atoms with Crippen LogP contribution in [-0.4, -0.2) is 28.2 Å². The quantitative estimate of drug-likeness (QED) is 0.530. The Morgan fingerprint density at radius 2 is 1.94 bits per heavy atom. The van der Waals surface area contributed by atoms with Crippen LogP contribution in [0.4, 0.5) is 0 Å². The molecule has 0 aliphatic carbocycles. The average Bonchev–Trinajstić information content (AvgIpc) is 2.29. The predicted octanol–water partition coefficient (Wildman–Crippen LogP) is -0.671. The van der Waals surface area contributed by atoms with Gasteiger partial charge in [0.2, 0.25) is 5.88 Å². The van der Waals surface area contributed by atoms with E-state index in [1.807, 2.05) is 0 Å². The highest BCUT2D eigenvalue weighted by Gasteiger charge is 2.07. The fourth-order valence-electron chi connectivity index (χ4n) is 1.25. The van der Waals surface area contributed by atoms with Crippen LogP contribution in [0.1, 0.15) is 0 Å². The minimum atomic E-state index is -4.29. The van der Waals surface area contributed by atoms with Crippen molar-refractivity contribution in [3.8, 4) is 11.4 Å². The molecule has 0 spiro atoms. The first-order valence-corrected chi connectivity index (χ1v) is 6.19. The first-order chi connectivity index (χ1) is 8.04. The van der Waals surface area contributed by atoms with E-state index in [0.29, 0.717) is 11.4 Å². The van der Waals surface area contributed by atoms with Crippen LogP contribution in [0.15, 0.2) is 36.9 Å². The lowest BCUT2D eigenvalue weighted by molar-refractivity contribution is -0.678. The zero-order valence-corrected chi connectivity index (χ0v) is 9.41. The molecule has 2 aromatic heterocycles. The van der Waals surface area contributed by atoms with Crippen LogP contribution >= 0.6 is 0 Å². The van der Waals surface area contributed by atoms with Crippen LogP contribution in [0.5, 0.6) is 0 Å². The van der Waals surface area contributed by atoms with E-state index in [-0.39, 0.29) is 0 Å². The summed E-state index contributed by atoms with van der Waals surface area (Å²) in [5.41, 5.74) is 0.692. The maximum Gasteiger partial charge on any atom is 0.236 e. The Hall–Kier alpha value is -1.93. The van der Waals surface area contributed by atoms with E-state index in [2.05, 4.69) is 15.2 Å². The molecule has 0 aliphatic heterocycles. The third-order valence-electron chi connectivity index (χ3n) is 1.94. The molecule has 7 nitrogen and oxygen atoms in total. The number of pyridine rings is 1. The van der Waals surface area contributed by atoms with Crippen molar-refractivity contribution in [2.75, 3.05) is 0 Å². The fraction of sp³-hybridized carbons (Fsp3) is 0.111. The fourth-order valence-corrected chi connectivity index (χ4v) is 1.79. The second kappa shape index (κ2) is 4.52. The zero-order valence-electron chi connectivity index (χ0n) is 8.59. The molecule has 0 amide bonds. The van der Waals surface area contributed by atoms with Gasteiger partial charge in [-0.25, -0.2) is 13.4 Å². The maximum atomic E-state index is 10.5. The lowest BCUT2D eigenvalue weighted by Crippen LogP contribution is -2.36. The Bertz CT molecular complexity index is 598. The summed E-state index contributed by atoms with van der Waals surface area (Å²) >= 11 is 0. The molecule has 0 radical (unpaired) electrons. The molecule has 2 aromatic rings. The Kier molecular flexibility index (Phi) is 3.07. The standard InChI is InChI=1S/C9H8N4O3S/c14-17(15,16)7-13-5-1-8(2-6-13)9-10-3-4-11-12-9/h1-6H,7H2. The van der Waals surface area contributed by atoms with Crippen molar-refractivity contribution >= 4 is 10.1 Å². The molecule has 0 unspecified atom stereocenters. The number of hydrogen-bond acceptors (Lipinski definition) is 6. The van der Waals surface area contributed by atoms with Gasteiger partial charge in [-0.3, -0.25) is 0 Å². The largest absolute Gasteiger partial charge is 0.743 e. The minimum Gasteiger partial charge on any atom is -0.743 e. The van der Waals surface area contributed by atoms with Gasteiger partial charge in [-0.05, 0) is 0 Å². The molecule has 0 aromatic carbocycles. The summed E-state index contributed by atoms with van der Waals surface area (Å²) in [6.45, 7) is 0. The number of aromatic nitrogens is 4. The van der Waals surface area contributed by atoms with E-state index in [1.165, 1.54) is 29.4 Å². The average molecular weight is 252 g/mol. The maximum absolute atomic E-state index is 10.5. The Balaban J connectivity index is 2.25. The van der Waals surface area contributed by atoms with Crippen LogP contribution < -0.4 is 4.57 Å².